The van der Waals surface area contributed by atoms with Gasteiger partial charge in [0.1, 0.15) is 10.5 Å². The zero-order valence-corrected chi connectivity index (χ0v) is 9.41. The number of rotatable bonds is 1. The fourth-order valence-electron chi connectivity index (χ4n) is 0.306. The van der Waals surface area contributed by atoms with Gasteiger partial charge in [-0.25, -0.2) is 0 Å². The Labute approximate surface area is 61.3 Å². The van der Waals surface area contributed by atoms with Crippen LogP contribution in [0.25, 0.3) is 0 Å². The van der Waals surface area contributed by atoms with E-state index in [2.05, 4.69) is 34.6 Å². The summed E-state index contributed by atoms with van der Waals surface area (Å²) in [6.07, 6.45) is 0. The van der Waals surface area contributed by atoms with Crippen LogP contribution in [0.4, 0.5) is 0 Å². The molecular formula is C7H18OSi. The van der Waals surface area contributed by atoms with Gasteiger partial charge in [0.15, 0.2) is 0 Å². The lowest BCUT2D eigenvalue weighted by Gasteiger charge is -2.37. The summed E-state index contributed by atoms with van der Waals surface area (Å²) in [6.45, 7) is 10.9. The summed E-state index contributed by atoms with van der Waals surface area (Å²) >= 11 is 0. The van der Waals surface area contributed by atoms with Crippen molar-refractivity contribution in [2.75, 3.05) is 0 Å². The Kier molecular flexibility index (Phi) is 2.47. The molecule has 0 saturated heterocycles. The monoisotopic (exact) mass is 146 g/mol. The van der Waals surface area contributed by atoms with Crippen LogP contribution in [0.1, 0.15) is 34.6 Å². The van der Waals surface area contributed by atoms with E-state index in [1.54, 1.807) is 0 Å². The SMILES string of the molecule is CC(C)(C)C(C)(C)O[SiH3]. The molecule has 0 aromatic heterocycles. The largest absolute Gasteiger partial charge is 0.423 e. The Morgan fingerprint density at radius 3 is 1.33 bits per heavy atom. The summed E-state index contributed by atoms with van der Waals surface area (Å²) in [7, 11) is 0.828. The Morgan fingerprint density at radius 2 is 1.33 bits per heavy atom. The average Bonchev–Trinajstić information content (AvgIpc) is 1.64. The molecule has 9 heavy (non-hydrogen) atoms. The summed E-state index contributed by atoms with van der Waals surface area (Å²) < 4.78 is 5.44. The molecule has 0 aromatic rings. The number of hydrogen-bond donors (Lipinski definition) is 0. The first-order valence-electron chi connectivity index (χ1n) is 3.36. The molecular weight excluding hydrogens is 128 g/mol. The van der Waals surface area contributed by atoms with E-state index >= 15 is 0 Å². The number of hydrogen-bond acceptors (Lipinski definition) is 1. The lowest BCUT2D eigenvalue weighted by Crippen LogP contribution is -2.38. The van der Waals surface area contributed by atoms with E-state index in [-0.39, 0.29) is 11.0 Å². The van der Waals surface area contributed by atoms with Crippen molar-refractivity contribution >= 4 is 10.5 Å². The predicted molar refractivity (Wildman–Crippen MR) is 44.6 cm³/mol. The first-order chi connectivity index (χ1) is 3.81. The van der Waals surface area contributed by atoms with E-state index in [4.69, 9.17) is 4.43 Å². The van der Waals surface area contributed by atoms with Crippen molar-refractivity contribution < 1.29 is 4.43 Å². The fourth-order valence-corrected chi connectivity index (χ4v) is 0.919. The van der Waals surface area contributed by atoms with Crippen molar-refractivity contribution in [2.24, 2.45) is 5.41 Å². The van der Waals surface area contributed by atoms with E-state index in [1.807, 2.05) is 0 Å². The minimum atomic E-state index is 0.0409. The molecule has 0 N–H and O–H groups in total. The molecule has 0 aliphatic carbocycles. The second kappa shape index (κ2) is 2.43. The highest BCUT2D eigenvalue weighted by Gasteiger charge is 2.31. The molecule has 56 valence electrons. The highest BCUT2D eigenvalue weighted by molar-refractivity contribution is 5.98. The molecule has 0 fully saturated rings. The van der Waals surface area contributed by atoms with E-state index in [1.165, 1.54) is 0 Å². The third kappa shape index (κ3) is 2.10. The molecule has 0 aromatic carbocycles. The van der Waals surface area contributed by atoms with E-state index < -0.39 is 0 Å². The molecule has 1 nitrogen and oxygen atoms in total. The van der Waals surface area contributed by atoms with Crippen molar-refractivity contribution in [3.05, 3.63) is 0 Å². The van der Waals surface area contributed by atoms with Crippen LogP contribution in [-0.4, -0.2) is 16.1 Å². The summed E-state index contributed by atoms with van der Waals surface area (Å²) in [5, 5.41) is 0. The summed E-state index contributed by atoms with van der Waals surface area (Å²) in [4.78, 5) is 0. The second-order valence-electron chi connectivity index (χ2n) is 3.96. The summed E-state index contributed by atoms with van der Waals surface area (Å²) in [5.74, 6) is 0. The van der Waals surface area contributed by atoms with E-state index in [0.29, 0.717) is 0 Å². The first kappa shape index (κ1) is 9.18. The molecule has 2 heteroatoms. The predicted octanol–water partition coefficient (Wildman–Crippen LogP) is 1.11. The molecule has 0 amide bonds. The highest BCUT2D eigenvalue weighted by Crippen LogP contribution is 2.31. The molecule has 0 saturated carbocycles. The van der Waals surface area contributed by atoms with Gasteiger partial charge in [-0.2, -0.15) is 0 Å². The molecule has 0 heterocycles. The molecule has 0 spiro atoms. The van der Waals surface area contributed by atoms with Crippen molar-refractivity contribution in [1.29, 1.82) is 0 Å². The van der Waals surface area contributed by atoms with E-state index in [9.17, 15) is 0 Å². The zero-order chi connectivity index (χ0) is 7.71. The van der Waals surface area contributed by atoms with Gasteiger partial charge in [0, 0.05) is 0 Å². The second-order valence-corrected chi connectivity index (χ2v) is 4.37. The lowest BCUT2D eigenvalue weighted by atomic mass is 9.79. The standard InChI is InChI=1S/C7H18OSi/c1-6(2,3)7(4,5)8-9/h1-5,9H3. The Balaban J connectivity index is 4.14. The molecule has 0 atom stereocenters. The molecule has 0 aliphatic heterocycles. The minimum absolute atomic E-state index is 0.0409. The first-order valence-corrected chi connectivity index (χ1v) is 4.18. The topological polar surface area (TPSA) is 9.23 Å². The third-order valence-electron chi connectivity index (χ3n) is 2.32. The van der Waals surface area contributed by atoms with Gasteiger partial charge in [-0.1, -0.05) is 20.8 Å². The van der Waals surface area contributed by atoms with Crippen LogP contribution in [0.5, 0.6) is 0 Å². The Bertz CT molecular complexity index is 91.6. The van der Waals surface area contributed by atoms with Gasteiger partial charge in [-0.15, -0.1) is 0 Å². The summed E-state index contributed by atoms with van der Waals surface area (Å²) in [6, 6.07) is 0. The highest BCUT2D eigenvalue weighted by atomic mass is 28.2. The summed E-state index contributed by atoms with van der Waals surface area (Å²) in [5.41, 5.74) is 0.300. The van der Waals surface area contributed by atoms with Crippen molar-refractivity contribution in [2.45, 2.75) is 40.2 Å². The van der Waals surface area contributed by atoms with Crippen LogP contribution < -0.4 is 0 Å². The molecule has 0 bridgehead atoms. The lowest BCUT2D eigenvalue weighted by molar-refractivity contribution is 0.00806. The van der Waals surface area contributed by atoms with Gasteiger partial charge in [0.05, 0.1) is 5.60 Å². The maximum atomic E-state index is 5.44. The van der Waals surface area contributed by atoms with Crippen LogP contribution in [0.15, 0.2) is 0 Å². The van der Waals surface area contributed by atoms with Crippen LogP contribution in [0.3, 0.4) is 0 Å². The Hall–Kier alpha value is 0.177. The fraction of sp³-hybridized carbons (Fsp3) is 1.00. The van der Waals surface area contributed by atoms with Crippen LogP contribution in [0.2, 0.25) is 0 Å². The quantitative estimate of drug-likeness (QED) is 0.504. The van der Waals surface area contributed by atoms with Crippen molar-refractivity contribution in [3.8, 4) is 0 Å². The minimum Gasteiger partial charge on any atom is -0.423 e. The van der Waals surface area contributed by atoms with Gasteiger partial charge in [-0.05, 0) is 19.3 Å². The molecule has 0 radical (unpaired) electrons. The van der Waals surface area contributed by atoms with Gasteiger partial charge in [0.25, 0.3) is 0 Å². The van der Waals surface area contributed by atoms with Crippen LogP contribution >= 0.6 is 0 Å². The molecule has 0 rings (SSSR count). The zero-order valence-electron chi connectivity index (χ0n) is 7.41. The van der Waals surface area contributed by atoms with Gasteiger partial charge >= 0.3 is 0 Å². The maximum absolute atomic E-state index is 5.44. The van der Waals surface area contributed by atoms with Crippen LogP contribution in [0, 0.1) is 5.41 Å². The average molecular weight is 146 g/mol. The van der Waals surface area contributed by atoms with E-state index in [0.717, 1.165) is 10.5 Å². The van der Waals surface area contributed by atoms with Crippen LogP contribution in [-0.2, 0) is 4.43 Å². The smallest absolute Gasteiger partial charge is 0.146 e. The van der Waals surface area contributed by atoms with Crippen molar-refractivity contribution in [1.82, 2.24) is 0 Å². The molecule has 0 unspecified atom stereocenters. The Morgan fingerprint density at radius 1 is 1.00 bits per heavy atom. The normalized spacial score (nSPS) is 14.3. The van der Waals surface area contributed by atoms with Gasteiger partial charge in [0.2, 0.25) is 0 Å². The van der Waals surface area contributed by atoms with Gasteiger partial charge < -0.3 is 4.43 Å². The maximum Gasteiger partial charge on any atom is 0.146 e. The van der Waals surface area contributed by atoms with Crippen molar-refractivity contribution in [3.63, 3.8) is 0 Å². The molecule has 0 aliphatic rings. The third-order valence-corrected chi connectivity index (χ3v) is 3.34. The van der Waals surface area contributed by atoms with Gasteiger partial charge in [-0.3, -0.25) is 0 Å².